The second-order valence-corrected chi connectivity index (χ2v) is 6.22. The molecule has 0 spiro atoms. The summed E-state index contributed by atoms with van der Waals surface area (Å²) in [5, 5.41) is 0. The number of hydrogen-bond donors (Lipinski definition) is 0. The zero-order valence-electron chi connectivity index (χ0n) is 13.7. The van der Waals surface area contributed by atoms with Gasteiger partial charge in [0.1, 0.15) is 11.6 Å². The molecule has 1 fully saturated rings. The van der Waals surface area contributed by atoms with Gasteiger partial charge < -0.3 is 4.74 Å². The fourth-order valence-electron chi connectivity index (χ4n) is 3.22. The van der Waals surface area contributed by atoms with Crippen molar-refractivity contribution >= 4 is 5.83 Å². The molecule has 0 aliphatic heterocycles. The van der Waals surface area contributed by atoms with E-state index in [1.165, 1.54) is 24.3 Å². The SMILES string of the molecule is CCCC1CCC(/C(F)=C(\F)c2ccc(OC=C(F)F)cc2)CC1. The lowest BCUT2D eigenvalue weighted by molar-refractivity contribution is 0.261. The number of halogens is 4. The van der Waals surface area contributed by atoms with Crippen LogP contribution in [0.5, 0.6) is 5.75 Å². The van der Waals surface area contributed by atoms with E-state index in [1.807, 2.05) is 0 Å². The van der Waals surface area contributed by atoms with Crippen molar-refractivity contribution in [3.05, 3.63) is 48.0 Å². The van der Waals surface area contributed by atoms with Gasteiger partial charge in [0.25, 0.3) is 0 Å². The lowest BCUT2D eigenvalue weighted by Crippen LogP contribution is -2.15. The maximum Gasteiger partial charge on any atom is 0.305 e. The third-order valence-corrected chi connectivity index (χ3v) is 4.50. The Balaban J connectivity index is 2.02. The molecule has 1 aliphatic carbocycles. The summed E-state index contributed by atoms with van der Waals surface area (Å²) in [6, 6.07) is 5.33. The molecule has 1 nitrogen and oxygen atoms in total. The molecular weight excluding hydrogens is 320 g/mol. The molecule has 0 saturated heterocycles. The molecule has 0 atom stereocenters. The van der Waals surface area contributed by atoms with Gasteiger partial charge in [-0.1, -0.05) is 19.8 Å². The summed E-state index contributed by atoms with van der Waals surface area (Å²) in [4.78, 5) is 0. The molecule has 24 heavy (non-hydrogen) atoms. The van der Waals surface area contributed by atoms with Gasteiger partial charge in [-0.3, -0.25) is 0 Å². The molecule has 0 aromatic heterocycles. The molecule has 0 radical (unpaired) electrons. The molecule has 1 aromatic rings. The van der Waals surface area contributed by atoms with E-state index >= 15 is 0 Å². The molecule has 0 heterocycles. The van der Waals surface area contributed by atoms with Gasteiger partial charge in [0.2, 0.25) is 0 Å². The predicted molar refractivity (Wildman–Crippen MR) is 86.9 cm³/mol. The van der Waals surface area contributed by atoms with Crippen molar-refractivity contribution < 1.29 is 22.3 Å². The number of rotatable bonds is 6. The lowest BCUT2D eigenvalue weighted by atomic mass is 9.79. The Morgan fingerprint density at radius 1 is 1.04 bits per heavy atom. The molecule has 0 amide bonds. The lowest BCUT2D eigenvalue weighted by Gasteiger charge is -2.27. The topological polar surface area (TPSA) is 9.23 Å². The van der Waals surface area contributed by atoms with Crippen LogP contribution in [0.4, 0.5) is 17.6 Å². The Bertz CT molecular complexity index is 580. The maximum atomic E-state index is 14.4. The third-order valence-electron chi connectivity index (χ3n) is 4.50. The van der Waals surface area contributed by atoms with Gasteiger partial charge in [0.05, 0.1) is 0 Å². The van der Waals surface area contributed by atoms with Crippen molar-refractivity contribution in [1.82, 2.24) is 0 Å². The van der Waals surface area contributed by atoms with Gasteiger partial charge in [0, 0.05) is 11.5 Å². The molecule has 1 aliphatic rings. The molecule has 132 valence electrons. The minimum atomic E-state index is -1.96. The number of hydrogen-bond acceptors (Lipinski definition) is 1. The van der Waals surface area contributed by atoms with Crippen LogP contribution in [0.25, 0.3) is 5.83 Å². The first-order chi connectivity index (χ1) is 11.5. The second kappa shape index (κ2) is 8.90. The Kier molecular flexibility index (Phi) is 6.88. The maximum absolute atomic E-state index is 14.4. The Morgan fingerprint density at radius 2 is 1.67 bits per heavy atom. The summed E-state index contributed by atoms with van der Waals surface area (Å²) in [6.45, 7) is 2.14. The summed E-state index contributed by atoms with van der Waals surface area (Å²) in [5.74, 6) is -1.17. The first-order valence-electron chi connectivity index (χ1n) is 8.34. The summed E-state index contributed by atoms with van der Waals surface area (Å²) < 4.78 is 57.3. The largest absolute Gasteiger partial charge is 0.459 e. The minimum Gasteiger partial charge on any atom is -0.459 e. The molecule has 1 saturated carbocycles. The van der Waals surface area contributed by atoms with Crippen LogP contribution in [0.2, 0.25) is 0 Å². The summed E-state index contributed by atoms with van der Waals surface area (Å²) >= 11 is 0. The van der Waals surface area contributed by atoms with Crippen LogP contribution in [0, 0.1) is 11.8 Å². The van der Waals surface area contributed by atoms with Gasteiger partial charge in [-0.05, 0) is 55.9 Å². The molecule has 0 bridgehead atoms. The molecular formula is C19H22F4O. The average molecular weight is 342 g/mol. The van der Waals surface area contributed by atoms with Gasteiger partial charge in [-0.25, -0.2) is 8.78 Å². The van der Waals surface area contributed by atoms with Crippen molar-refractivity contribution in [3.63, 3.8) is 0 Å². The highest BCUT2D eigenvalue weighted by Gasteiger charge is 2.26. The average Bonchev–Trinajstić information content (AvgIpc) is 2.60. The summed E-state index contributed by atoms with van der Waals surface area (Å²) in [5.41, 5.74) is 0.0974. The predicted octanol–water partition coefficient (Wildman–Crippen LogP) is 7.02. The highest BCUT2D eigenvalue weighted by Crippen LogP contribution is 2.39. The van der Waals surface area contributed by atoms with Gasteiger partial charge in [0.15, 0.2) is 12.1 Å². The summed E-state index contributed by atoms with van der Waals surface area (Å²) in [7, 11) is 0. The summed E-state index contributed by atoms with van der Waals surface area (Å²) in [6.07, 6.45) is 3.83. The van der Waals surface area contributed by atoms with Crippen molar-refractivity contribution in [2.24, 2.45) is 11.8 Å². The van der Waals surface area contributed by atoms with E-state index < -0.39 is 17.7 Å². The zero-order valence-corrected chi connectivity index (χ0v) is 13.7. The van der Waals surface area contributed by atoms with E-state index in [-0.39, 0.29) is 17.2 Å². The van der Waals surface area contributed by atoms with Crippen molar-refractivity contribution in [3.8, 4) is 5.75 Å². The normalized spacial score (nSPS) is 21.9. The number of benzene rings is 1. The molecule has 0 N–H and O–H groups in total. The fraction of sp³-hybridized carbons (Fsp3) is 0.474. The minimum absolute atomic E-state index is 0.0974. The highest BCUT2D eigenvalue weighted by molar-refractivity contribution is 5.62. The smallest absolute Gasteiger partial charge is 0.305 e. The third kappa shape index (κ3) is 5.11. The highest BCUT2D eigenvalue weighted by atomic mass is 19.3. The van der Waals surface area contributed by atoms with Crippen molar-refractivity contribution in [2.45, 2.75) is 45.4 Å². The Labute approximate surface area is 140 Å². The quantitative estimate of drug-likeness (QED) is 0.399. The number of ether oxygens (including phenoxy) is 1. The van der Waals surface area contributed by atoms with E-state index in [1.54, 1.807) is 0 Å². The van der Waals surface area contributed by atoms with Crippen LogP contribution in [-0.2, 0) is 0 Å². The second-order valence-electron chi connectivity index (χ2n) is 6.22. The first-order valence-corrected chi connectivity index (χ1v) is 8.34. The molecule has 5 heteroatoms. The Hall–Kier alpha value is -1.78. The van der Waals surface area contributed by atoms with Crippen LogP contribution in [-0.4, -0.2) is 0 Å². The van der Waals surface area contributed by atoms with E-state index in [2.05, 4.69) is 11.7 Å². The van der Waals surface area contributed by atoms with Crippen molar-refractivity contribution in [1.29, 1.82) is 0 Å². The fourth-order valence-corrected chi connectivity index (χ4v) is 3.22. The van der Waals surface area contributed by atoms with E-state index in [0.717, 1.165) is 25.7 Å². The van der Waals surface area contributed by atoms with Crippen LogP contribution in [0.3, 0.4) is 0 Å². The number of allylic oxidation sites excluding steroid dienone is 1. The van der Waals surface area contributed by atoms with E-state index in [0.29, 0.717) is 25.0 Å². The van der Waals surface area contributed by atoms with Crippen LogP contribution in [0.1, 0.15) is 51.0 Å². The Morgan fingerprint density at radius 3 is 2.21 bits per heavy atom. The first kappa shape index (κ1) is 18.6. The van der Waals surface area contributed by atoms with Crippen molar-refractivity contribution in [2.75, 3.05) is 0 Å². The molecule has 1 aromatic carbocycles. The van der Waals surface area contributed by atoms with Gasteiger partial charge in [-0.2, -0.15) is 8.78 Å². The molecule has 2 rings (SSSR count). The molecule has 0 unspecified atom stereocenters. The van der Waals surface area contributed by atoms with Gasteiger partial charge >= 0.3 is 6.08 Å². The van der Waals surface area contributed by atoms with Crippen LogP contribution >= 0.6 is 0 Å². The van der Waals surface area contributed by atoms with Gasteiger partial charge in [-0.15, -0.1) is 0 Å². The monoisotopic (exact) mass is 342 g/mol. The van der Waals surface area contributed by atoms with E-state index in [4.69, 9.17) is 0 Å². The zero-order chi connectivity index (χ0) is 17.5. The van der Waals surface area contributed by atoms with E-state index in [9.17, 15) is 17.6 Å². The van der Waals surface area contributed by atoms with Crippen LogP contribution < -0.4 is 4.74 Å². The van der Waals surface area contributed by atoms with Crippen LogP contribution in [0.15, 0.2) is 42.4 Å². The standard InChI is InChI=1S/C19H22F4O/c1-2-3-13-4-6-14(7-5-13)18(22)19(23)15-8-10-16(11-9-15)24-12-17(20)21/h8-14H,2-7H2,1H3/b19-18+.